The lowest BCUT2D eigenvalue weighted by Crippen LogP contribution is -2.12. The third-order valence-electron chi connectivity index (χ3n) is 2.58. The molecule has 8 heteroatoms. The second-order valence-corrected chi connectivity index (χ2v) is 5.91. The first-order chi connectivity index (χ1) is 10.5. The Kier molecular flexibility index (Phi) is 5.76. The highest BCUT2D eigenvalue weighted by Crippen LogP contribution is 2.23. The van der Waals surface area contributed by atoms with Crippen LogP contribution in [0.5, 0.6) is 0 Å². The van der Waals surface area contributed by atoms with Crippen LogP contribution >= 0.6 is 34.5 Å². The molecule has 0 fully saturated rings. The number of rotatable bonds is 5. The molecule has 1 N–H and O–H groups in total. The average molecular weight is 359 g/mol. The van der Waals surface area contributed by atoms with Crippen molar-refractivity contribution in [3.05, 3.63) is 44.9 Å². The summed E-state index contributed by atoms with van der Waals surface area (Å²) < 4.78 is 4.84. The molecule has 0 aliphatic rings. The van der Waals surface area contributed by atoms with Crippen LogP contribution in [0.4, 0.5) is 5.13 Å². The number of benzene rings is 1. The van der Waals surface area contributed by atoms with Gasteiger partial charge in [-0.15, -0.1) is 11.3 Å². The van der Waals surface area contributed by atoms with E-state index in [1.807, 2.05) is 0 Å². The molecule has 0 aliphatic carbocycles. The van der Waals surface area contributed by atoms with Crippen molar-refractivity contribution >= 4 is 51.5 Å². The van der Waals surface area contributed by atoms with E-state index in [4.69, 9.17) is 27.9 Å². The zero-order valence-electron chi connectivity index (χ0n) is 11.6. The number of amides is 1. The van der Waals surface area contributed by atoms with E-state index in [0.717, 1.165) is 0 Å². The molecule has 1 aromatic carbocycles. The van der Waals surface area contributed by atoms with Crippen molar-refractivity contribution in [2.24, 2.45) is 0 Å². The van der Waals surface area contributed by atoms with Gasteiger partial charge in [0.15, 0.2) is 5.13 Å². The Labute approximate surface area is 141 Å². The van der Waals surface area contributed by atoms with Crippen molar-refractivity contribution in [1.82, 2.24) is 4.98 Å². The summed E-state index contributed by atoms with van der Waals surface area (Å²) in [6.07, 6.45) is 0.0713. The largest absolute Gasteiger partial charge is 0.466 e. The predicted octanol–water partition coefficient (Wildman–Crippen LogP) is 3.81. The van der Waals surface area contributed by atoms with Gasteiger partial charge in [-0.1, -0.05) is 23.2 Å². The van der Waals surface area contributed by atoms with Gasteiger partial charge in [0.1, 0.15) is 0 Å². The van der Waals surface area contributed by atoms with Crippen molar-refractivity contribution in [2.45, 2.75) is 13.3 Å². The molecule has 116 valence electrons. The summed E-state index contributed by atoms with van der Waals surface area (Å²) in [5.41, 5.74) is 0.842. The molecule has 0 radical (unpaired) electrons. The van der Waals surface area contributed by atoms with Gasteiger partial charge in [0, 0.05) is 10.4 Å². The van der Waals surface area contributed by atoms with Crippen LogP contribution in [0.25, 0.3) is 0 Å². The molecule has 2 rings (SSSR count). The number of anilines is 1. The van der Waals surface area contributed by atoms with E-state index in [0.29, 0.717) is 28.0 Å². The molecule has 1 heterocycles. The van der Waals surface area contributed by atoms with Gasteiger partial charge in [-0.2, -0.15) is 0 Å². The van der Waals surface area contributed by atoms with E-state index < -0.39 is 5.91 Å². The normalized spacial score (nSPS) is 10.3. The van der Waals surface area contributed by atoms with Gasteiger partial charge in [0.2, 0.25) is 0 Å². The summed E-state index contributed by atoms with van der Waals surface area (Å²) >= 11 is 13.0. The minimum Gasteiger partial charge on any atom is -0.466 e. The van der Waals surface area contributed by atoms with Gasteiger partial charge in [0.05, 0.1) is 29.3 Å². The summed E-state index contributed by atoms with van der Waals surface area (Å²) in [6, 6.07) is 4.61. The van der Waals surface area contributed by atoms with Gasteiger partial charge >= 0.3 is 5.97 Å². The number of ether oxygens (including phenoxy) is 1. The van der Waals surface area contributed by atoms with Gasteiger partial charge in [-0.25, -0.2) is 4.98 Å². The highest BCUT2D eigenvalue weighted by atomic mass is 35.5. The van der Waals surface area contributed by atoms with Crippen molar-refractivity contribution < 1.29 is 14.3 Å². The van der Waals surface area contributed by atoms with Crippen LogP contribution in [-0.4, -0.2) is 23.5 Å². The van der Waals surface area contributed by atoms with E-state index in [9.17, 15) is 9.59 Å². The number of carbonyl (C=O) groups excluding carboxylic acids is 2. The third kappa shape index (κ3) is 4.43. The fourth-order valence-corrected chi connectivity index (χ4v) is 2.84. The van der Waals surface area contributed by atoms with Gasteiger partial charge in [-0.05, 0) is 25.1 Å². The fourth-order valence-electron chi connectivity index (χ4n) is 1.64. The Morgan fingerprint density at radius 2 is 2.14 bits per heavy atom. The summed E-state index contributed by atoms with van der Waals surface area (Å²) in [6.45, 7) is 2.06. The van der Waals surface area contributed by atoms with E-state index >= 15 is 0 Å². The van der Waals surface area contributed by atoms with Crippen LogP contribution in [0.1, 0.15) is 23.0 Å². The number of hydrogen-bond donors (Lipinski definition) is 1. The maximum absolute atomic E-state index is 12.1. The van der Waals surface area contributed by atoms with E-state index in [1.165, 1.54) is 23.5 Å². The minimum atomic E-state index is -0.390. The fraction of sp³-hybridized carbons (Fsp3) is 0.214. The Morgan fingerprint density at radius 3 is 2.82 bits per heavy atom. The summed E-state index contributed by atoms with van der Waals surface area (Å²) in [4.78, 5) is 27.6. The molecule has 0 aliphatic heterocycles. The lowest BCUT2D eigenvalue weighted by atomic mass is 10.2. The summed E-state index contributed by atoms with van der Waals surface area (Å²) in [7, 11) is 0. The molecule has 0 saturated heterocycles. The maximum Gasteiger partial charge on any atom is 0.311 e. The quantitative estimate of drug-likeness (QED) is 0.825. The molecule has 0 unspecified atom stereocenters. The van der Waals surface area contributed by atoms with Crippen LogP contribution in [0.15, 0.2) is 23.6 Å². The number of halogens is 2. The van der Waals surface area contributed by atoms with Gasteiger partial charge in [0.25, 0.3) is 5.91 Å². The van der Waals surface area contributed by atoms with E-state index in [1.54, 1.807) is 18.4 Å². The topological polar surface area (TPSA) is 68.3 Å². The Balaban J connectivity index is 2.03. The molecule has 2 aromatic rings. The Hall–Kier alpha value is -1.63. The average Bonchev–Trinajstić information content (AvgIpc) is 2.85. The highest BCUT2D eigenvalue weighted by Gasteiger charge is 2.14. The first kappa shape index (κ1) is 16.7. The lowest BCUT2D eigenvalue weighted by molar-refractivity contribution is -0.142. The summed E-state index contributed by atoms with van der Waals surface area (Å²) in [5.74, 6) is -0.745. The molecule has 0 atom stereocenters. The summed E-state index contributed by atoms with van der Waals surface area (Å²) in [5, 5.41) is 5.42. The first-order valence-corrected chi connectivity index (χ1v) is 7.99. The molecule has 0 spiro atoms. The molecule has 1 aromatic heterocycles. The smallest absolute Gasteiger partial charge is 0.311 e. The maximum atomic E-state index is 12.1. The lowest BCUT2D eigenvalue weighted by Gasteiger charge is -2.04. The van der Waals surface area contributed by atoms with Gasteiger partial charge in [-0.3, -0.25) is 14.9 Å². The number of hydrogen-bond acceptors (Lipinski definition) is 5. The van der Waals surface area contributed by atoms with Crippen LogP contribution in [0.3, 0.4) is 0 Å². The van der Waals surface area contributed by atoms with Crippen molar-refractivity contribution in [3.63, 3.8) is 0 Å². The molecular weight excluding hydrogens is 347 g/mol. The van der Waals surface area contributed by atoms with E-state index in [2.05, 4.69) is 10.3 Å². The van der Waals surface area contributed by atoms with Crippen LogP contribution in [0, 0.1) is 0 Å². The highest BCUT2D eigenvalue weighted by molar-refractivity contribution is 7.14. The van der Waals surface area contributed by atoms with Crippen molar-refractivity contribution in [1.29, 1.82) is 0 Å². The first-order valence-electron chi connectivity index (χ1n) is 6.36. The number of nitrogens with zero attached hydrogens (tertiary/aromatic N) is 1. The molecule has 0 saturated carbocycles. The monoisotopic (exact) mass is 358 g/mol. The number of aromatic nitrogens is 1. The zero-order chi connectivity index (χ0) is 16.1. The van der Waals surface area contributed by atoms with Gasteiger partial charge < -0.3 is 4.74 Å². The second-order valence-electron chi connectivity index (χ2n) is 4.20. The third-order valence-corrected chi connectivity index (χ3v) is 3.93. The standard InChI is InChI=1S/C14H12Cl2N2O3S/c1-2-21-12(19)6-9-7-22-14(17-9)18-13(20)10-4-3-8(15)5-11(10)16/h3-5,7H,2,6H2,1H3,(H,17,18,20). The molecular formula is C14H12Cl2N2O3S. The number of thiazole rings is 1. The molecule has 0 bridgehead atoms. The molecule has 1 amide bonds. The Bertz CT molecular complexity index is 703. The van der Waals surface area contributed by atoms with Crippen molar-refractivity contribution in [2.75, 3.05) is 11.9 Å². The zero-order valence-corrected chi connectivity index (χ0v) is 13.9. The predicted molar refractivity (Wildman–Crippen MR) is 86.9 cm³/mol. The molecule has 22 heavy (non-hydrogen) atoms. The van der Waals surface area contributed by atoms with E-state index in [-0.39, 0.29) is 17.4 Å². The number of esters is 1. The Morgan fingerprint density at radius 1 is 1.36 bits per heavy atom. The van der Waals surface area contributed by atoms with Crippen LogP contribution in [0.2, 0.25) is 10.0 Å². The minimum absolute atomic E-state index is 0.0713. The second kappa shape index (κ2) is 7.58. The number of nitrogens with one attached hydrogen (secondary N) is 1. The van der Waals surface area contributed by atoms with Crippen molar-refractivity contribution in [3.8, 4) is 0 Å². The molecule has 5 nitrogen and oxygen atoms in total. The number of carbonyl (C=O) groups is 2. The SMILES string of the molecule is CCOC(=O)Cc1csc(NC(=O)c2ccc(Cl)cc2Cl)n1. The van der Waals surface area contributed by atoms with Crippen LogP contribution < -0.4 is 5.32 Å². The van der Waals surface area contributed by atoms with Crippen LogP contribution in [-0.2, 0) is 16.0 Å².